The number of nitrogens with zero attached hydrogens (tertiary/aromatic N) is 3. The summed E-state index contributed by atoms with van der Waals surface area (Å²) >= 11 is 0. The van der Waals surface area contributed by atoms with Gasteiger partial charge in [0.1, 0.15) is 11.5 Å². The van der Waals surface area contributed by atoms with Crippen molar-refractivity contribution in [3.8, 4) is 0 Å². The summed E-state index contributed by atoms with van der Waals surface area (Å²) in [4.78, 5) is 30.7. The summed E-state index contributed by atoms with van der Waals surface area (Å²) in [7, 11) is 0. The third-order valence-corrected chi connectivity index (χ3v) is 7.01. The molecule has 4 aromatic rings. The predicted octanol–water partition coefficient (Wildman–Crippen LogP) is 5.17. The van der Waals surface area contributed by atoms with E-state index in [1.165, 1.54) is 29.8 Å². The zero-order valence-electron chi connectivity index (χ0n) is 21.2. The highest BCUT2D eigenvalue weighted by molar-refractivity contribution is 6.06. The van der Waals surface area contributed by atoms with E-state index in [-0.39, 0.29) is 17.6 Å². The van der Waals surface area contributed by atoms with E-state index in [0.717, 1.165) is 36.1 Å². The lowest BCUT2D eigenvalue weighted by Gasteiger charge is -2.34. The van der Waals surface area contributed by atoms with Gasteiger partial charge in [0.05, 0.1) is 0 Å². The highest BCUT2D eigenvalue weighted by Crippen LogP contribution is 2.27. The van der Waals surface area contributed by atoms with E-state index in [0.29, 0.717) is 36.6 Å². The van der Waals surface area contributed by atoms with Gasteiger partial charge in [-0.1, -0.05) is 36.8 Å². The Labute approximate surface area is 216 Å². The molecule has 3 aromatic carbocycles. The van der Waals surface area contributed by atoms with Crippen molar-refractivity contribution < 1.29 is 14.0 Å². The molecule has 1 aliphatic rings. The van der Waals surface area contributed by atoms with Crippen LogP contribution in [0.4, 0.5) is 10.1 Å². The molecule has 1 N–H and O–H groups in total. The van der Waals surface area contributed by atoms with Crippen LogP contribution in [0.15, 0.2) is 72.8 Å². The number of carbonyl (C=O) groups excluding carboxylic acids is 2. The molecular weight excluding hydrogens is 467 g/mol. The van der Waals surface area contributed by atoms with Crippen LogP contribution < -0.4 is 5.32 Å². The standard InChI is InChI=1S/C30H31FN4O2/c1-3-33-13-15-34(16-14-33)30(37)28-19-24-18-26(32-29(36)23-7-9-25(31)10-8-23)11-12-27(24)35(28)20-22-6-4-5-21(2)17-22/h4-12,17-19H,3,13-16,20H2,1-2H3,(H,32,36). The molecule has 1 saturated heterocycles. The van der Waals surface area contributed by atoms with Gasteiger partial charge in [0.2, 0.25) is 0 Å². The molecule has 0 spiro atoms. The summed E-state index contributed by atoms with van der Waals surface area (Å²) in [5, 5.41) is 3.76. The van der Waals surface area contributed by atoms with Crippen LogP contribution >= 0.6 is 0 Å². The van der Waals surface area contributed by atoms with E-state index >= 15 is 0 Å². The fourth-order valence-electron chi connectivity index (χ4n) is 4.92. The van der Waals surface area contributed by atoms with Crippen LogP contribution in [-0.4, -0.2) is 58.9 Å². The highest BCUT2D eigenvalue weighted by atomic mass is 19.1. The molecule has 2 amide bonds. The second-order valence-corrected chi connectivity index (χ2v) is 9.57. The molecule has 7 heteroatoms. The molecule has 5 rings (SSSR count). The van der Waals surface area contributed by atoms with Gasteiger partial charge in [-0.05, 0) is 67.6 Å². The van der Waals surface area contributed by atoms with Crippen molar-refractivity contribution in [2.24, 2.45) is 0 Å². The molecule has 0 aliphatic carbocycles. The number of aromatic nitrogens is 1. The summed E-state index contributed by atoms with van der Waals surface area (Å²) in [5.74, 6) is -0.679. The number of aryl methyl sites for hydroxylation is 1. The summed E-state index contributed by atoms with van der Waals surface area (Å²) < 4.78 is 15.3. The number of benzene rings is 3. The lowest BCUT2D eigenvalue weighted by molar-refractivity contribution is 0.0633. The van der Waals surface area contributed by atoms with Crippen LogP contribution in [0.2, 0.25) is 0 Å². The fraction of sp³-hybridized carbons (Fsp3) is 0.267. The smallest absolute Gasteiger partial charge is 0.270 e. The Morgan fingerprint density at radius 2 is 1.68 bits per heavy atom. The third kappa shape index (κ3) is 5.42. The fourth-order valence-corrected chi connectivity index (χ4v) is 4.92. The van der Waals surface area contributed by atoms with Crippen LogP contribution in [0, 0.1) is 12.7 Å². The van der Waals surface area contributed by atoms with E-state index in [4.69, 9.17) is 0 Å². The molecule has 0 atom stereocenters. The van der Waals surface area contributed by atoms with Gasteiger partial charge in [0.15, 0.2) is 0 Å². The summed E-state index contributed by atoms with van der Waals surface area (Å²) in [5.41, 5.74) is 4.85. The van der Waals surface area contributed by atoms with Gasteiger partial charge in [-0.3, -0.25) is 9.59 Å². The number of anilines is 1. The SMILES string of the molecule is CCN1CCN(C(=O)c2cc3cc(NC(=O)c4ccc(F)cc4)ccc3n2Cc2cccc(C)c2)CC1. The number of piperazine rings is 1. The number of hydrogen-bond acceptors (Lipinski definition) is 3. The summed E-state index contributed by atoms with van der Waals surface area (Å²) in [6.45, 7) is 8.93. The van der Waals surface area contributed by atoms with E-state index in [1.807, 2.05) is 35.2 Å². The molecule has 0 saturated carbocycles. The monoisotopic (exact) mass is 498 g/mol. The molecule has 0 bridgehead atoms. The molecular formula is C30H31FN4O2. The number of likely N-dealkylation sites (N-methyl/N-ethyl adjacent to an activating group) is 1. The molecule has 1 fully saturated rings. The average Bonchev–Trinajstić information content (AvgIpc) is 3.26. The van der Waals surface area contributed by atoms with Crippen molar-refractivity contribution in [2.45, 2.75) is 20.4 Å². The maximum absolute atomic E-state index is 13.7. The van der Waals surface area contributed by atoms with Gasteiger partial charge in [0, 0.05) is 54.9 Å². The van der Waals surface area contributed by atoms with Gasteiger partial charge in [-0.2, -0.15) is 0 Å². The first-order valence-corrected chi connectivity index (χ1v) is 12.7. The number of carbonyl (C=O) groups is 2. The molecule has 0 radical (unpaired) electrons. The Morgan fingerprint density at radius 3 is 2.38 bits per heavy atom. The lowest BCUT2D eigenvalue weighted by atomic mass is 10.1. The zero-order valence-corrected chi connectivity index (χ0v) is 21.2. The Morgan fingerprint density at radius 1 is 0.919 bits per heavy atom. The number of hydrogen-bond donors (Lipinski definition) is 1. The van der Waals surface area contributed by atoms with Crippen molar-refractivity contribution in [2.75, 3.05) is 38.0 Å². The topological polar surface area (TPSA) is 57.6 Å². The zero-order chi connectivity index (χ0) is 25.9. The Balaban J connectivity index is 1.47. The second-order valence-electron chi connectivity index (χ2n) is 9.57. The van der Waals surface area contributed by atoms with Gasteiger partial charge < -0.3 is 19.7 Å². The van der Waals surface area contributed by atoms with E-state index < -0.39 is 0 Å². The maximum atomic E-state index is 13.7. The van der Waals surface area contributed by atoms with Gasteiger partial charge in [-0.25, -0.2) is 4.39 Å². The van der Waals surface area contributed by atoms with Crippen LogP contribution in [-0.2, 0) is 6.54 Å². The number of fused-ring (bicyclic) bond motifs is 1. The minimum absolute atomic E-state index is 0.0245. The van der Waals surface area contributed by atoms with Crippen molar-refractivity contribution in [1.82, 2.24) is 14.4 Å². The Kier molecular flexibility index (Phi) is 7.06. The molecule has 37 heavy (non-hydrogen) atoms. The van der Waals surface area contributed by atoms with Crippen LogP contribution in [0.3, 0.4) is 0 Å². The maximum Gasteiger partial charge on any atom is 0.270 e. The predicted molar refractivity (Wildman–Crippen MR) is 145 cm³/mol. The van der Waals surface area contributed by atoms with Gasteiger partial charge in [-0.15, -0.1) is 0 Å². The summed E-state index contributed by atoms with van der Waals surface area (Å²) in [6, 6.07) is 21.3. The minimum Gasteiger partial charge on any atom is -0.335 e. The minimum atomic E-state index is -0.388. The Hall–Kier alpha value is -3.97. The second kappa shape index (κ2) is 10.6. The largest absolute Gasteiger partial charge is 0.335 e. The van der Waals surface area contributed by atoms with E-state index in [9.17, 15) is 14.0 Å². The third-order valence-electron chi connectivity index (χ3n) is 7.01. The summed E-state index contributed by atoms with van der Waals surface area (Å²) in [6.07, 6.45) is 0. The van der Waals surface area contributed by atoms with Gasteiger partial charge >= 0.3 is 0 Å². The van der Waals surface area contributed by atoms with Crippen LogP contribution in [0.5, 0.6) is 0 Å². The number of nitrogens with one attached hydrogen (secondary N) is 1. The molecule has 0 unspecified atom stereocenters. The first kappa shape index (κ1) is 24.7. The van der Waals surface area contributed by atoms with Crippen molar-refractivity contribution in [1.29, 1.82) is 0 Å². The van der Waals surface area contributed by atoms with Crippen LogP contribution in [0.1, 0.15) is 38.9 Å². The first-order chi connectivity index (χ1) is 17.9. The Bertz CT molecular complexity index is 1440. The molecule has 1 aliphatic heterocycles. The molecule has 190 valence electrons. The van der Waals surface area contributed by atoms with Crippen molar-refractivity contribution >= 4 is 28.4 Å². The van der Waals surface area contributed by atoms with E-state index in [2.05, 4.69) is 46.8 Å². The first-order valence-electron chi connectivity index (χ1n) is 12.7. The van der Waals surface area contributed by atoms with Crippen LogP contribution in [0.25, 0.3) is 10.9 Å². The molecule has 2 heterocycles. The number of rotatable bonds is 6. The van der Waals surface area contributed by atoms with Crippen molar-refractivity contribution in [3.05, 3.63) is 101 Å². The molecule has 1 aromatic heterocycles. The van der Waals surface area contributed by atoms with Crippen molar-refractivity contribution in [3.63, 3.8) is 0 Å². The quantitative estimate of drug-likeness (QED) is 0.399. The highest BCUT2D eigenvalue weighted by Gasteiger charge is 2.25. The van der Waals surface area contributed by atoms with E-state index in [1.54, 1.807) is 0 Å². The molecule has 6 nitrogen and oxygen atoms in total. The number of halogens is 1. The average molecular weight is 499 g/mol. The van der Waals surface area contributed by atoms with Gasteiger partial charge in [0.25, 0.3) is 11.8 Å². The normalized spacial score (nSPS) is 14.2. The number of amides is 2. The lowest BCUT2D eigenvalue weighted by Crippen LogP contribution is -2.48.